The fourth-order valence-corrected chi connectivity index (χ4v) is 2.41. The van der Waals surface area contributed by atoms with E-state index in [0.29, 0.717) is 12.5 Å². The van der Waals surface area contributed by atoms with Crippen molar-refractivity contribution in [1.29, 1.82) is 0 Å². The minimum Gasteiger partial charge on any atom is -0.473 e. The highest BCUT2D eigenvalue weighted by Gasteiger charge is 2.17. The quantitative estimate of drug-likeness (QED) is 0.786. The van der Waals surface area contributed by atoms with Crippen molar-refractivity contribution in [3.63, 3.8) is 0 Å². The molecular formula is C16H21N5O. The Morgan fingerprint density at radius 2 is 1.86 bits per heavy atom. The second-order valence-electron chi connectivity index (χ2n) is 5.06. The minimum absolute atomic E-state index is 0.548. The van der Waals surface area contributed by atoms with Gasteiger partial charge in [-0.15, -0.1) is 0 Å². The van der Waals surface area contributed by atoms with Crippen LogP contribution >= 0.6 is 0 Å². The molecule has 1 saturated heterocycles. The molecule has 3 rings (SSSR count). The molecule has 1 aromatic heterocycles. The molecule has 0 aliphatic carbocycles. The Labute approximate surface area is 130 Å². The molecule has 2 heterocycles. The topological polar surface area (TPSA) is 62.3 Å². The molecular weight excluding hydrogens is 278 g/mol. The maximum atomic E-state index is 5.81. The van der Waals surface area contributed by atoms with Gasteiger partial charge in [0.1, 0.15) is 6.61 Å². The van der Waals surface area contributed by atoms with Crippen LogP contribution in [0.2, 0.25) is 0 Å². The predicted molar refractivity (Wildman–Crippen MR) is 87.5 cm³/mol. The lowest BCUT2D eigenvalue weighted by molar-refractivity contribution is 0.318. The molecule has 0 saturated carbocycles. The van der Waals surface area contributed by atoms with E-state index in [-0.39, 0.29) is 0 Å². The standard InChI is InChI=1S/C16H21N5O/c1-2-4-14(5-3-1)18-10-13-22-16-15(19-6-7-20-16)21-11-8-17-9-12-21/h1-7,17-18H,8-13H2. The first-order chi connectivity index (χ1) is 10.9. The highest BCUT2D eigenvalue weighted by Crippen LogP contribution is 2.22. The van der Waals surface area contributed by atoms with E-state index in [9.17, 15) is 0 Å². The summed E-state index contributed by atoms with van der Waals surface area (Å²) < 4.78 is 5.81. The zero-order chi connectivity index (χ0) is 15.0. The number of nitrogens with one attached hydrogen (secondary N) is 2. The van der Waals surface area contributed by atoms with Gasteiger partial charge >= 0.3 is 0 Å². The smallest absolute Gasteiger partial charge is 0.257 e. The summed E-state index contributed by atoms with van der Waals surface area (Å²) >= 11 is 0. The largest absolute Gasteiger partial charge is 0.473 e. The summed E-state index contributed by atoms with van der Waals surface area (Å²) in [7, 11) is 0. The molecule has 1 fully saturated rings. The zero-order valence-electron chi connectivity index (χ0n) is 12.5. The summed E-state index contributed by atoms with van der Waals surface area (Å²) in [5.74, 6) is 1.45. The van der Waals surface area contributed by atoms with Gasteiger partial charge in [0.2, 0.25) is 0 Å². The van der Waals surface area contributed by atoms with E-state index in [1.165, 1.54) is 0 Å². The number of hydrogen-bond acceptors (Lipinski definition) is 6. The van der Waals surface area contributed by atoms with Gasteiger partial charge < -0.3 is 20.3 Å². The van der Waals surface area contributed by atoms with Crippen LogP contribution in [0.3, 0.4) is 0 Å². The lowest BCUT2D eigenvalue weighted by Crippen LogP contribution is -2.44. The van der Waals surface area contributed by atoms with Crippen LogP contribution < -0.4 is 20.3 Å². The molecule has 0 amide bonds. The number of piperazine rings is 1. The molecule has 2 aromatic rings. The van der Waals surface area contributed by atoms with Gasteiger partial charge in [-0.1, -0.05) is 18.2 Å². The lowest BCUT2D eigenvalue weighted by atomic mass is 10.3. The van der Waals surface area contributed by atoms with E-state index in [0.717, 1.165) is 44.2 Å². The second-order valence-corrected chi connectivity index (χ2v) is 5.06. The van der Waals surface area contributed by atoms with Crippen LogP contribution in [0, 0.1) is 0 Å². The first-order valence-electron chi connectivity index (χ1n) is 7.62. The summed E-state index contributed by atoms with van der Waals surface area (Å²) in [6, 6.07) is 10.1. The summed E-state index contributed by atoms with van der Waals surface area (Å²) in [6.07, 6.45) is 3.39. The van der Waals surface area contributed by atoms with Crippen molar-refractivity contribution in [1.82, 2.24) is 15.3 Å². The van der Waals surface area contributed by atoms with E-state index in [2.05, 4.69) is 25.5 Å². The Kier molecular flexibility index (Phi) is 5.04. The Hall–Kier alpha value is -2.34. The first-order valence-corrected chi connectivity index (χ1v) is 7.62. The van der Waals surface area contributed by atoms with E-state index in [1.54, 1.807) is 12.4 Å². The fourth-order valence-electron chi connectivity index (χ4n) is 2.41. The molecule has 0 unspecified atom stereocenters. The number of aromatic nitrogens is 2. The number of benzene rings is 1. The number of ether oxygens (including phenoxy) is 1. The number of nitrogens with zero attached hydrogens (tertiary/aromatic N) is 3. The molecule has 22 heavy (non-hydrogen) atoms. The van der Waals surface area contributed by atoms with Crippen molar-refractivity contribution in [3.05, 3.63) is 42.7 Å². The van der Waals surface area contributed by atoms with Crippen molar-refractivity contribution in [2.75, 3.05) is 49.5 Å². The third-order valence-corrected chi connectivity index (χ3v) is 3.51. The van der Waals surface area contributed by atoms with Gasteiger partial charge in [0.25, 0.3) is 5.88 Å². The van der Waals surface area contributed by atoms with Gasteiger partial charge in [-0.3, -0.25) is 0 Å². The number of rotatable bonds is 6. The van der Waals surface area contributed by atoms with Crippen LogP contribution in [0.5, 0.6) is 5.88 Å². The van der Waals surface area contributed by atoms with E-state index in [4.69, 9.17) is 4.74 Å². The molecule has 1 aliphatic rings. The average Bonchev–Trinajstić information content (AvgIpc) is 2.61. The SMILES string of the molecule is c1ccc(NCCOc2nccnc2N2CCNCC2)cc1. The Morgan fingerprint density at radius 1 is 1.09 bits per heavy atom. The molecule has 116 valence electrons. The van der Waals surface area contributed by atoms with Gasteiger partial charge in [-0.05, 0) is 12.1 Å². The third-order valence-electron chi connectivity index (χ3n) is 3.51. The van der Waals surface area contributed by atoms with Crippen LogP contribution in [0.1, 0.15) is 0 Å². The van der Waals surface area contributed by atoms with Gasteiger partial charge in [0, 0.05) is 50.8 Å². The Balaban J connectivity index is 1.53. The van der Waals surface area contributed by atoms with Crippen molar-refractivity contribution in [3.8, 4) is 5.88 Å². The van der Waals surface area contributed by atoms with Gasteiger partial charge in [0.05, 0.1) is 0 Å². The minimum atomic E-state index is 0.548. The molecule has 1 aromatic carbocycles. The maximum absolute atomic E-state index is 5.81. The summed E-state index contributed by atoms with van der Waals surface area (Å²) in [4.78, 5) is 11.0. The molecule has 6 heteroatoms. The average molecular weight is 299 g/mol. The maximum Gasteiger partial charge on any atom is 0.257 e. The number of anilines is 2. The molecule has 0 bridgehead atoms. The molecule has 1 aliphatic heterocycles. The normalized spacial score (nSPS) is 14.6. The highest BCUT2D eigenvalue weighted by atomic mass is 16.5. The number of para-hydroxylation sites is 1. The monoisotopic (exact) mass is 299 g/mol. The highest BCUT2D eigenvalue weighted by molar-refractivity contribution is 5.48. The summed E-state index contributed by atoms with van der Waals surface area (Å²) in [5, 5.41) is 6.65. The van der Waals surface area contributed by atoms with Crippen molar-refractivity contribution in [2.24, 2.45) is 0 Å². The Morgan fingerprint density at radius 3 is 2.68 bits per heavy atom. The molecule has 6 nitrogen and oxygen atoms in total. The summed E-state index contributed by atoms with van der Waals surface area (Å²) in [5.41, 5.74) is 1.09. The van der Waals surface area contributed by atoms with Gasteiger partial charge in [-0.25, -0.2) is 9.97 Å². The molecule has 0 radical (unpaired) electrons. The Bertz CT molecular complexity index is 572. The first kappa shape index (κ1) is 14.6. The van der Waals surface area contributed by atoms with E-state index >= 15 is 0 Å². The van der Waals surface area contributed by atoms with E-state index < -0.39 is 0 Å². The molecule has 2 N–H and O–H groups in total. The van der Waals surface area contributed by atoms with Crippen LogP contribution in [-0.4, -0.2) is 49.3 Å². The van der Waals surface area contributed by atoms with Crippen molar-refractivity contribution in [2.45, 2.75) is 0 Å². The fraction of sp³-hybridized carbons (Fsp3) is 0.375. The number of hydrogen-bond donors (Lipinski definition) is 2. The predicted octanol–water partition coefficient (Wildman–Crippen LogP) is 1.38. The van der Waals surface area contributed by atoms with Crippen LogP contribution in [0.15, 0.2) is 42.7 Å². The second kappa shape index (κ2) is 7.61. The molecule has 0 atom stereocenters. The van der Waals surface area contributed by atoms with Crippen LogP contribution in [0.4, 0.5) is 11.5 Å². The van der Waals surface area contributed by atoms with Crippen molar-refractivity contribution < 1.29 is 4.74 Å². The van der Waals surface area contributed by atoms with Gasteiger partial charge in [0.15, 0.2) is 5.82 Å². The van der Waals surface area contributed by atoms with Gasteiger partial charge in [-0.2, -0.15) is 0 Å². The lowest BCUT2D eigenvalue weighted by Gasteiger charge is -2.28. The van der Waals surface area contributed by atoms with Crippen LogP contribution in [0.25, 0.3) is 0 Å². The molecule has 0 spiro atoms. The van der Waals surface area contributed by atoms with Crippen molar-refractivity contribution >= 4 is 11.5 Å². The van der Waals surface area contributed by atoms with E-state index in [1.807, 2.05) is 30.3 Å². The zero-order valence-corrected chi connectivity index (χ0v) is 12.5. The summed E-state index contributed by atoms with van der Waals surface area (Å²) in [6.45, 7) is 5.06. The third kappa shape index (κ3) is 3.85. The van der Waals surface area contributed by atoms with Crippen LogP contribution in [-0.2, 0) is 0 Å².